The standard InChI is InChI=1S/C17H16BrN3O4S/c1-11(22)10-21(19-9-12-8-13(18)6-7-15(12)23)17-14-4-2-3-5-16(14)26(24,25)20-17/h2-9,11,22-23H,10H2,1H3. The van der Waals surface area contributed by atoms with Crippen molar-refractivity contribution in [2.45, 2.75) is 17.9 Å². The van der Waals surface area contributed by atoms with Crippen molar-refractivity contribution in [1.29, 1.82) is 0 Å². The molecule has 0 saturated carbocycles. The molecule has 0 radical (unpaired) electrons. The molecule has 1 unspecified atom stereocenters. The number of hydrogen-bond acceptors (Lipinski definition) is 6. The van der Waals surface area contributed by atoms with Crippen molar-refractivity contribution in [1.82, 2.24) is 5.01 Å². The van der Waals surface area contributed by atoms with Crippen molar-refractivity contribution in [3.05, 3.63) is 58.1 Å². The van der Waals surface area contributed by atoms with Crippen LogP contribution in [-0.4, -0.2) is 48.3 Å². The minimum absolute atomic E-state index is 0.0235. The van der Waals surface area contributed by atoms with Crippen LogP contribution in [0.1, 0.15) is 18.1 Å². The van der Waals surface area contributed by atoms with Crippen LogP contribution in [0.25, 0.3) is 0 Å². The lowest BCUT2D eigenvalue weighted by Crippen LogP contribution is -2.32. The zero-order valence-corrected chi connectivity index (χ0v) is 16.1. The van der Waals surface area contributed by atoms with Gasteiger partial charge >= 0.3 is 0 Å². The zero-order valence-electron chi connectivity index (χ0n) is 13.7. The van der Waals surface area contributed by atoms with Gasteiger partial charge in [0.2, 0.25) is 0 Å². The number of nitrogens with zero attached hydrogens (tertiary/aromatic N) is 3. The van der Waals surface area contributed by atoms with E-state index in [9.17, 15) is 18.6 Å². The highest BCUT2D eigenvalue weighted by atomic mass is 79.9. The van der Waals surface area contributed by atoms with E-state index in [2.05, 4.69) is 25.4 Å². The first kappa shape index (κ1) is 18.6. The van der Waals surface area contributed by atoms with Gasteiger partial charge in [0.05, 0.1) is 18.9 Å². The lowest BCUT2D eigenvalue weighted by molar-refractivity contribution is 0.161. The number of rotatable bonds is 4. The first-order valence-corrected chi connectivity index (χ1v) is 9.94. The van der Waals surface area contributed by atoms with Gasteiger partial charge in [-0.2, -0.15) is 13.5 Å². The van der Waals surface area contributed by atoms with Crippen LogP contribution < -0.4 is 0 Å². The Labute approximate surface area is 159 Å². The van der Waals surface area contributed by atoms with Crippen molar-refractivity contribution in [3.8, 4) is 5.75 Å². The Kier molecular flexibility index (Phi) is 5.12. The molecule has 0 spiro atoms. The zero-order chi connectivity index (χ0) is 18.9. The summed E-state index contributed by atoms with van der Waals surface area (Å²) in [7, 11) is -3.80. The molecule has 0 aromatic heterocycles. The highest BCUT2D eigenvalue weighted by molar-refractivity contribution is 9.10. The van der Waals surface area contributed by atoms with E-state index >= 15 is 0 Å². The number of sulfonamides is 1. The highest BCUT2D eigenvalue weighted by Crippen LogP contribution is 2.28. The molecular weight excluding hydrogens is 422 g/mol. The number of aliphatic hydroxyl groups excluding tert-OH is 1. The van der Waals surface area contributed by atoms with E-state index in [1.165, 1.54) is 23.4 Å². The summed E-state index contributed by atoms with van der Waals surface area (Å²) >= 11 is 3.32. The minimum Gasteiger partial charge on any atom is -0.507 e. The molecule has 1 heterocycles. The second-order valence-electron chi connectivity index (χ2n) is 5.76. The topological polar surface area (TPSA) is 103 Å². The lowest BCUT2D eigenvalue weighted by atomic mass is 10.2. The quantitative estimate of drug-likeness (QED) is 0.564. The molecule has 0 saturated heterocycles. The van der Waals surface area contributed by atoms with Gasteiger partial charge < -0.3 is 10.2 Å². The smallest absolute Gasteiger partial charge is 0.285 e. The number of benzene rings is 2. The maximum atomic E-state index is 12.3. The minimum atomic E-state index is -3.80. The van der Waals surface area contributed by atoms with E-state index in [-0.39, 0.29) is 23.0 Å². The molecule has 7 nitrogen and oxygen atoms in total. The number of halogens is 1. The van der Waals surface area contributed by atoms with Crippen LogP contribution in [0.3, 0.4) is 0 Å². The molecule has 0 amide bonds. The Morgan fingerprint density at radius 1 is 1.31 bits per heavy atom. The average molecular weight is 438 g/mol. The van der Waals surface area contributed by atoms with Crippen molar-refractivity contribution >= 4 is 38.0 Å². The van der Waals surface area contributed by atoms with Crippen molar-refractivity contribution in [2.24, 2.45) is 9.50 Å². The molecule has 0 fully saturated rings. The number of phenols is 1. The predicted octanol–water partition coefficient (Wildman–Crippen LogP) is 2.32. The second kappa shape index (κ2) is 7.18. The molecule has 26 heavy (non-hydrogen) atoms. The van der Waals surface area contributed by atoms with E-state index in [4.69, 9.17) is 0 Å². The van der Waals surface area contributed by atoms with Gasteiger partial charge in [0.15, 0.2) is 5.84 Å². The number of hydrazone groups is 1. The first-order chi connectivity index (χ1) is 12.3. The molecule has 1 atom stereocenters. The summed E-state index contributed by atoms with van der Waals surface area (Å²) in [5.41, 5.74) is 0.855. The van der Waals surface area contributed by atoms with Gasteiger partial charge in [-0.1, -0.05) is 28.1 Å². The second-order valence-corrected chi connectivity index (χ2v) is 8.25. The summed E-state index contributed by atoms with van der Waals surface area (Å²) in [5.74, 6) is 0.155. The molecule has 9 heteroatoms. The Bertz CT molecular complexity index is 1000. The lowest BCUT2D eigenvalue weighted by Gasteiger charge is -2.20. The third-order valence-corrected chi connectivity index (χ3v) is 5.44. The maximum absolute atomic E-state index is 12.3. The van der Waals surface area contributed by atoms with Gasteiger partial charge in [0.25, 0.3) is 10.0 Å². The first-order valence-electron chi connectivity index (χ1n) is 7.70. The van der Waals surface area contributed by atoms with Crippen LogP contribution in [0, 0.1) is 0 Å². The fraction of sp³-hybridized carbons (Fsp3) is 0.176. The predicted molar refractivity (Wildman–Crippen MR) is 102 cm³/mol. The molecule has 136 valence electrons. The van der Waals surface area contributed by atoms with Gasteiger partial charge in [0, 0.05) is 15.6 Å². The van der Waals surface area contributed by atoms with Crippen LogP contribution in [0.15, 0.2) is 61.3 Å². The Morgan fingerprint density at radius 2 is 2.04 bits per heavy atom. The summed E-state index contributed by atoms with van der Waals surface area (Å²) in [6.45, 7) is 1.60. The number of amidine groups is 1. The number of hydrogen-bond donors (Lipinski definition) is 2. The number of aliphatic hydroxyl groups is 1. The molecule has 0 aliphatic carbocycles. The van der Waals surface area contributed by atoms with E-state index in [0.717, 1.165) is 4.47 Å². The number of phenolic OH excluding ortho intramolecular Hbond substituents is 1. The van der Waals surface area contributed by atoms with Crippen molar-refractivity contribution in [2.75, 3.05) is 6.54 Å². The average Bonchev–Trinajstić information content (AvgIpc) is 2.86. The third kappa shape index (κ3) is 3.79. The molecule has 2 N–H and O–H groups in total. The molecule has 1 aliphatic rings. The Hall–Kier alpha value is -2.23. The van der Waals surface area contributed by atoms with Gasteiger partial charge in [-0.15, -0.1) is 4.40 Å². The van der Waals surface area contributed by atoms with Gasteiger partial charge in [-0.05, 0) is 37.3 Å². The summed E-state index contributed by atoms with van der Waals surface area (Å²) in [6, 6.07) is 11.3. The van der Waals surface area contributed by atoms with Crippen LogP contribution in [0.5, 0.6) is 5.75 Å². The molecule has 2 aromatic carbocycles. The van der Waals surface area contributed by atoms with E-state index < -0.39 is 16.1 Å². The molecule has 1 aliphatic heterocycles. The maximum Gasteiger partial charge on any atom is 0.285 e. The van der Waals surface area contributed by atoms with E-state index in [0.29, 0.717) is 11.1 Å². The molecular formula is C17H16BrN3O4S. The van der Waals surface area contributed by atoms with E-state index in [1.807, 2.05) is 0 Å². The summed E-state index contributed by atoms with van der Waals surface area (Å²) in [4.78, 5) is 0.103. The summed E-state index contributed by atoms with van der Waals surface area (Å²) < 4.78 is 29.1. The fourth-order valence-corrected chi connectivity index (χ4v) is 4.06. The largest absolute Gasteiger partial charge is 0.507 e. The van der Waals surface area contributed by atoms with Crippen LogP contribution in [0.2, 0.25) is 0 Å². The van der Waals surface area contributed by atoms with Gasteiger partial charge in [-0.3, -0.25) is 0 Å². The SMILES string of the molecule is CC(O)CN(N=Cc1cc(Br)ccc1O)C1=NS(=O)(=O)c2ccccc21. The van der Waals surface area contributed by atoms with Crippen LogP contribution in [0.4, 0.5) is 0 Å². The fourth-order valence-electron chi connectivity index (χ4n) is 2.47. The summed E-state index contributed by atoms with van der Waals surface area (Å²) in [5, 5.41) is 25.3. The van der Waals surface area contributed by atoms with E-state index in [1.54, 1.807) is 37.3 Å². The molecule has 3 rings (SSSR count). The Balaban J connectivity index is 2.03. The summed E-state index contributed by atoms with van der Waals surface area (Å²) in [6.07, 6.45) is 0.611. The van der Waals surface area contributed by atoms with Crippen molar-refractivity contribution in [3.63, 3.8) is 0 Å². The van der Waals surface area contributed by atoms with Gasteiger partial charge in [-0.25, -0.2) is 5.01 Å². The van der Waals surface area contributed by atoms with Gasteiger partial charge in [0.1, 0.15) is 10.6 Å². The Morgan fingerprint density at radius 3 is 2.77 bits per heavy atom. The van der Waals surface area contributed by atoms with Crippen molar-refractivity contribution < 1.29 is 18.6 Å². The molecule has 0 bridgehead atoms. The highest BCUT2D eigenvalue weighted by Gasteiger charge is 2.32. The number of aromatic hydroxyl groups is 1. The monoisotopic (exact) mass is 437 g/mol. The third-order valence-electron chi connectivity index (χ3n) is 3.62. The number of fused-ring (bicyclic) bond motifs is 1. The van der Waals surface area contributed by atoms with Crippen LogP contribution >= 0.6 is 15.9 Å². The normalized spacial score (nSPS) is 16.3. The molecule has 2 aromatic rings. The van der Waals surface area contributed by atoms with Crippen LogP contribution in [-0.2, 0) is 10.0 Å².